The van der Waals surface area contributed by atoms with Crippen LogP contribution in [0.5, 0.6) is 0 Å². The molecule has 0 saturated carbocycles. The molecule has 0 aromatic rings. The summed E-state index contributed by atoms with van der Waals surface area (Å²) in [5.41, 5.74) is 0. The van der Waals surface area contributed by atoms with Gasteiger partial charge in [0.2, 0.25) is 5.78 Å². The largest absolute Gasteiger partial charge is 0.353 e. The highest BCUT2D eigenvalue weighted by atomic mass is 127. The summed E-state index contributed by atoms with van der Waals surface area (Å²) in [5, 5.41) is 0. The predicted molar refractivity (Wildman–Crippen MR) is 38.9 cm³/mol. The van der Waals surface area contributed by atoms with Crippen molar-refractivity contribution >= 4 is 28.4 Å². The van der Waals surface area contributed by atoms with Crippen molar-refractivity contribution in [3.8, 4) is 0 Å². The normalized spacial score (nSPS) is 11.6. The van der Waals surface area contributed by atoms with Gasteiger partial charge in [-0.05, 0) is 6.42 Å². The van der Waals surface area contributed by atoms with Gasteiger partial charge in [0.15, 0.2) is 0 Å². The fourth-order valence-electron chi connectivity index (χ4n) is 0.369. The fraction of sp³-hybridized carbons (Fsp3) is 0.800. The SMILES string of the molecule is CCCC(=O)C(F)(F)I. The Labute approximate surface area is 66.0 Å². The fourth-order valence-corrected chi connectivity index (χ4v) is 0.638. The van der Waals surface area contributed by atoms with Crippen molar-refractivity contribution in [2.75, 3.05) is 0 Å². The number of ketones is 1. The molecular weight excluding hydrogens is 241 g/mol. The quantitative estimate of drug-likeness (QED) is 0.553. The molecule has 0 aliphatic rings. The smallest absolute Gasteiger partial charge is 0.292 e. The second-order valence-electron chi connectivity index (χ2n) is 1.67. The lowest BCUT2D eigenvalue weighted by atomic mass is 10.2. The van der Waals surface area contributed by atoms with E-state index in [-0.39, 0.29) is 6.42 Å². The highest BCUT2D eigenvalue weighted by molar-refractivity contribution is 14.1. The van der Waals surface area contributed by atoms with Crippen LogP contribution in [0.3, 0.4) is 0 Å². The third-order valence-corrected chi connectivity index (χ3v) is 1.39. The maximum atomic E-state index is 11.9. The summed E-state index contributed by atoms with van der Waals surface area (Å²) in [7, 11) is 0. The van der Waals surface area contributed by atoms with Gasteiger partial charge in [0.25, 0.3) is 0 Å². The van der Waals surface area contributed by atoms with Gasteiger partial charge in [-0.3, -0.25) is 4.79 Å². The molecule has 0 radical (unpaired) electrons. The van der Waals surface area contributed by atoms with Crippen molar-refractivity contribution in [2.45, 2.75) is 23.7 Å². The molecule has 1 nitrogen and oxygen atoms in total. The number of alkyl halides is 3. The van der Waals surface area contributed by atoms with Gasteiger partial charge in [-0.1, -0.05) is 6.92 Å². The molecule has 0 rings (SSSR count). The molecule has 4 heteroatoms. The van der Waals surface area contributed by atoms with Crippen LogP contribution < -0.4 is 0 Å². The first-order valence-corrected chi connectivity index (χ1v) is 3.66. The number of rotatable bonds is 3. The van der Waals surface area contributed by atoms with E-state index in [9.17, 15) is 13.6 Å². The first-order valence-electron chi connectivity index (χ1n) is 2.58. The highest BCUT2D eigenvalue weighted by Gasteiger charge is 2.32. The Bertz CT molecular complexity index is 108. The van der Waals surface area contributed by atoms with Gasteiger partial charge in [-0.2, -0.15) is 8.78 Å². The summed E-state index contributed by atoms with van der Waals surface area (Å²) in [6.45, 7) is 1.69. The Kier molecular flexibility index (Phi) is 3.53. The molecule has 0 amide bonds. The molecule has 0 saturated heterocycles. The van der Waals surface area contributed by atoms with Crippen molar-refractivity contribution in [3.05, 3.63) is 0 Å². The molecule has 54 valence electrons. The molecule has 0 fully saturated rings. The van der Waals surface area contributed by atoms with E-state index in [1.165, 1.54) is 0 Å². The van der Waals surface area contributed by atoms with Crippen LogP contribution in [-0.4, -0.2) is 9.71 Å². The summed E-state index contributed by atoms with van der Waals surface area (Å²) in [4.78, 5) is 10.3. The van der Waals surface area contributed by atoms with Crippen LogP contribution in [0.15, 0.2) is 0 Å². The Balaban J connectivity index is 3.74. The van der Waals surface area contributed by atoms with Crippen molar-refractivity contribution in [1.29, 1.82) is 0 Å². The van der Waals surface area contributed by atoms with Crippen molar-refractivity contribution < 1.29 is 13.6 Å². The zero-order chi connectivity index (χ0) is 7.49. The molecule has 0 N–H and O–H groups in total. The summed E-state index contributed by atoms with van der Waals surface area (Å²) >= 11 is 0.843. The second kappa shape index (κ2) is 3.43. The van der Waals surface area contributed by atoms with Gasteiger partial charge in [0.1, 0.15) is 0 Å². The maximum Gasteiger partial charge on any atom is 0.353 e. The molecule has 0 aromatic heterocycles. The Morgan fingerprint density at radius 3 is 2.22 bits per heavy atom. The second-order valence-corrected chi connectivity index (χ2v) is 3.03. The van der Waals surface area contributed by atoms with E-state index < -0.39 is 9.71 Å². The lowest BCUT2D eigenvalue weighted by Gasteiger charge is -2.03. The topological polar surface area (TPSA) is 17.1 Å². The average molecular weight is 248 g/mol. The van der Waals surface area contributed by atoms with Crippen LogP contribution in [0.4, 0.5) is 8.78 Å². The van der Waals surface area contributed by atoms with Crippen LogP contribution in [-0.2, 0) is 4.79 Å². The zero-order valence-corrected chi connectivity index (χ0v) is 7.11. The van der Waals surface area contributed by atoms with Crippen molar-refractivity contribution in [1.82, 2.24) is 0 Å². The van der Waals surface area contributed by atoms with Gasteiger partial charge in [-0.15, -0.1) is 0 Å². The lowest BCUT2D eigenvalue weighted by molar-refractivity contribution is -0.130. The van der Waals surface area contributed by atoms with Crippen molar-refractivity contribution in [2.24, 2.45) is 0 Å². The summed E-state index contributed by atoms with van der Waals surface area (Å²) in [5.74, 6) is -0.981. The molecule has 0 aromatic carbocycles. The zero-order valence-electron chi connectivity index (χ0n) is 4.96. The average Bonchev–Trinajstić information content (AvgIpc) is 1.64. The van der Waals surface area contributed by atoms with Gasteiger partial charge < -0.3 is 0 Å². The molecule has 0 atom stereocenters. The van der Waals surface area contributed by atoms with E-state index in [2.05, 4.69) is 0 Å². The number of hydrogen-bond acceptors (Lipinski definition) is 1. The molecule has 0 aliphatic heterocycles. The molecule has 0 aliphatic carbocycles. The third kappa shape index (κ3) is 3.77. The number of carbonyl (C=O) groups is 1. The van der Waals surface area contributed by atoms with Crippen LogP contribution in [0.2, 0.25) is 0 Å². The van der Waals surface area contributed by atoms with E-state index in [0.29, 0.717) is 6.42 Å². The number of Topliss-reactive ketones (excluding diaryl/α,β-unsaturated/α-hetero) is 1. The molecule has 9 heavy (non-hydrogen) atoms. The number of carbonyl (C=O) groups excluding carboxylic acids is 1. The molecule has 0 heterocycles. The van der Waals surface area contributed by atoms with Gasteiger partial charge in [0.05, 0.1) is 0 Å². The van der Waals surface area contributed by atoms with Crippen molar-refractivity contribution in [3.63, 3.8) is 0 Å². The number of halogens is 3. The van der Waals surface area contributed by atoms with Gasteiger partial charge in [-0.25, -0.2) is 0 Å². The maximum absolute atomic E-state index is 11.9. The highest BCUT2D eigenvalue weighted by Crippen LogP contribution is 2.25. The van der Waals surface area contributed by atoms with E-state index >= 15 is 0 Å². The standard InChI is InChI=1S/C5H7F2IO/c1-2-3-4(9)5(6,7)8/h2-3H2,1H3. The lowest BCUT2D eigenvalue weighted by Crippen LogP contribution is -2.19. The Morgan fingerprint density at radius 2 is 2.11 bits per heavy atom. The van der Waals surface area contributed by atoms with Crippen LogP contribution in [0, 0.1) is 0 Å². The van der Waals surface area contributed by atoms with Crippen LogP contribution in [0.25, 0.3) is 0 Å². The monoisotopic (exact) mass is 248 g/mol. The predicted octanol–water partition coefficient (Wildman–Crippen LogP) is 2.38. The van der Waals surface area contributed by atoms with Crippen LogP contribution >= 0.6 is 22.6 Å². The summed E-state index contributed by atoms with van der Waals surface area (Å²) in [6, 6.07) is 0. The summed E-state index contributed by atoms with van der Waals surface area (Å²) in [6.07, 6.45) is 0.452. The molecule has 0 spiro atoms. The Morgan fingerprint density at radius 1 is 1.67 bits per heavy atom. The minimum atomic E-state index is -3.16. The first kappa shape index (κ1) is 9.26. The minimum Gasteiger partial charge on any atom is -0.292 e. The first-order chi connectivity index (χ1) is 3.98. The van der Waals surface area contributed by atoms with E-state index in [4.69, 9.17) is 0 Å². The van der Waals surface area contributed by atoms with Gasteiger partial charge >= 0.3 is 3.93 Å². The van der Waals surface area contributed by atoms with E-state index in [1.54, 1.807) is 6.92 Å². The third-order valence-electron chi connectivity index (χ3n) is 0.793. The van der Waals surface area contributed by atoms with Gasteiger partial charge in [0, 0.05) is 29.0 Å². The molecule has 0 bridgehead atoms. The summed E-state index contributed by atoms with van der Waals surface area (Å²) < 4.78 is 20.7. The van der Waals surface area contributed by atoms with E-state index in [0.717, 1.165) is 22.6 Å². The van der Waals surface area contributed by atoms with E-state index in [1.807, 2.05) is 0 Å². The molecular formula is C5H7F2IO. The minimum absolute atomic E-state index is 0.0318. The number of hydrogen-bond donors (Lipinski definition) is 0. The molecule has 0 unspecified atom stereocenters. The van der Waals surface area contributed by atoms with Crippen LogP contribution in [0.1, 0.15) is 19.8 Å². The Hall–Kier alpha value is 0.260.